The molecule has 0 aliphatic carbocycles. The molecule has 0 heterocycles. The summed E-state index contributed by atoms with van der Waals surface area (Å²) in [5.74, 6) is -2.25. The lowest BCUT2D eigenvalue weighted by Crippen LogP contribution is -2.30. The van der Waals surface area contributed by atoms with Crippen molar-refractivity contribution in [1.82, 2.24) is 0 Å². The van der Waals surface area contributed by atoms with Gasteiger partial charge in [-0.3, -0.25) is 37.3 Å². The summed E-state index contributed by atoms with van der Waals surface area (Å²) >= 11 is 0. The number of esters is 4. The third kappa shape index (κ3) is 76.9. The first-order valence-corrected chi connectivity index (χ1v) is 43.7. The second kappa shape index (κ2) is 77.8. The molecular formula is C87H144O17P2. The zero-order valence-electron chi connectivity index (χ0n) is 66.1. The number of rotatable bonds is 75. The standard InChI is InChI=1S/C87H144O17P2/c1-5-9-13-17-21-25-29-32-35-38-40-43-46-49-53-56-60-64-68-72-85(90)98-78-83(104-87(92)74-70-66-62-58-54-50-47-44-41-39-36-33-30-26-22-18-14-10-6-2)80-102-106(95,96)100-76-81(88)75-99-105(93,94)101-79-82(103-86(91)73-69-65-61-57-51-28-24-20-16-12-8-4)77-97-84(89)71-67-63-59-55-52-48-45-42-37-34-31-27-23-19-15-11-7-3/h9-11,13-15,20-27,32-37,40-41,43-44,49,53,81-83,88H,5-8,12,16-19,28-31,38-39,42,45-48,50-52,54-80H2,1-4H3,(H,93,94)(H,95,96)/b13-9-,14-10-,15-11-,24-20-,25-21-,26-22-,27-23-,35-32-,36-33-,37-34-,43-40-,44-41-,53-49-. The third-order valence-electron chi connectivity index (χ3n) is 16.5. The van der Waals surface area contributed by atoms with Crippen molar-refractivity contribution >= 4 is 39.5 Å². The molecule has 3 N–H and O–H groups in total. The van der Waals surface area contributed by atoms with Gasteiger partial charge < -0.3 is 33.8 Å². The molecule has 0 rings (SSSR count). The Labute approximate surface area is 642 Å². The number of phosphoric ester groups is 2. The maximum Gasteiger partial charge on any atom is 0.472 e. The number of hydrogen-bond acceptors (Lipinski definition) is 15. The van der Waals surface area contributed by atoms with Crippen molar-refractivity contribution in [3.63, 3.8) is 0 Å². The summed E-state index contributed by atoms with van der Waals surface area (Å²) in [6, 6.07) is 0. The minimum atomic E-state index is -5.00. The molecule has 0 aliphatic rings. The molecule has 0 aliphatic heterocycles. The van der Waals surface area contributed by atoms with Crippen LogP contribution in [-0.2, 0) is 65.4 Å². The lowest BCUT2D eigenvalue weighted by Gasteiger charge is -2.21. The van der Waals surface area contributed by atoms with Gasteiger partial charge in [0.2, 0.25) is 0 Å². The van der Waals surface area contributed by atoms with Crippen LogP contribution < -0.4 is 0 Å². The van der Waals surface area contributed by atoms with E-state index in [4.69, 9.17) is 37.0 Å². The first-order valence-electron chi connectivity index (χ1n) is 40.7. The Morgan fingerprint density at radius 1 is 0.274 bits per heavy atom. The highest BCUT2D eigenvalue weighted by Gasteiger charge is 2.30. The first kappa shape index (κ1) is 101. The number of carbonyl (C=O) groups excluding carboxylic acids is 4. The molecule has 0 aromatic carbocycles. The van der Waals surface area contributed by atoms with Gasteiger partial charge >= 0.3 is 39.5 Å². The maximum absolute atomic E-state index is 13.1. The molecule has 0 saturated heterocycles. The van der Waals surface area contributed by atoms with Gasteiger partial charge in [-0.25, -0.2) is 9.13 Å². The van der Waals surface area contributed by atoms with E-state index in [2.05, 4.69) is 186 Å². The lowest BCUT2D eigenvalue weighted by molar-refractivity contribution is -0.161. The van der Waals surface area contributed by atoms with Crippen molar-refractivity contribution in [2.45, 2.75) is 329 Å². The van der Waals surface area contributed by atoms with Crippen LogP contribution >= 0.6 is 15.6 Å². The molecule has 5 unspecified atom stereocenters. The largest absolute Gasteiger partial charge is 0.472 e. The Hall–Kier alpha value is -5.32. The molecule has 0 amide bonds. The van der Waals surface area contributed by atoms with E-state index < -0.39 is 97.5 Å². The molecule has 5 atom stereocenters. The van der Waals surface area contributed by atoms with Gasteiger partial charge in [0, 0.05) is 25.7 Å². The summed E-state index contributed by atoms with van der Waals surface area (Å²) in [5.41, 5.74) is 0. The van der Waals surface area contributed by atoms with Crippen molar-refractivity contribution in [3.8, 4) is 0 Å². The zero-order chi connectivity index (χ0) is 77.4. The fourth-order valence-corrected chi connectivity index (χ4v) is 11.9. The number of aliphatic hydroxyl groups is 1. The van der Waals surface area contributed by atoms with Gasteiger partial charge in [0.15, 0.2) is 12.2 Å². The highest BCUT2D eigenvalue weighted by atomic mass is 31.2. The van der Waals surface area contributed by atoms with Crippen LogP contribution in [0.3, 0.4) is 0 Å². The van der Waals surface area contributed by atoms with Crippen LogP contribution in [-0.4, -0.2) is 96.7 Å². The Bertz CT molecular complexity index is 2630. The second-order valence-corrected chi connectivity index (χ2v) is 29.5. The van der Waals surface area contributed by atoms with Gasteiger partial charge in [-0.2, -0.15) is 0 Å². The highest BCUT2D eigenvalue weighted by molar-refractivity contribution is 7.47. The van der Waals surface area contributed by atoms with E-state index in [-0.39, 0.29) is 25.7 Å². The Morgan fingerprint density at radius 3 is 0.774 bits per heavy atom. The molecule has 106 heavy (non-hydrogen) atoms. The Kier molecular flexibility index (Phi) is 73.9. The molecule has 19 heteroatoms. The second-order valence-electron chi connectivity index (χ2n) is 26.6. The number of allylic oxidation sites excluding steroid dienone is 26. The van der Waals surface area contributed by atoms with Gasteiger partial charge in [-0.15, -0.1) is 0 Å². The smallest absolute Gasteiger partial charge is 0.462 e. The highest BCUT2D eigenvalue weighted by Crippen LogP contribution is 2.45. The number of hydrogen-bond donors (Lipinski definition) is 3. The van der Waals surface area contributed by atoms with Crippen LogP contribution in [0.5, 0.6) is 0 Å². The molecule has 0 fully saturated rings. The molecule has 0 radical (unpaired) electrons. The topological polar surface area (TPSA) is 237 Å². The first-order chi connectivity index (χ1) is 51.7. The van der Waals surface area contributed by atoms with Crippen molar-refractivity contribution in [3.05, 3.63) is 158 Å². The molecule has 604 valence electrons. The van der Waals surface area contributed by atoms with E-state index in [1.165, 1.54) is 12.8 Å². The minimum Gasteiger partial charge on any atom is -0.462 e. The molecule has 0 aromatic heterocycles. The summed E-state index contributed by atoms with van der Waals surface area (Å²) in [4.78, 5) is 73.1. The van der Waals surface area contributed by atoms with E-state index in [1.807, 2.05) is 0 Å². The van der Waals surface area contributed by atoms with E-state index in [0.29, 0.717) is 25.7 Å². The van der Waals surface area contributed by atoms with Gasteiger partial charge in [-0.1, -0.05) is 282 Å². The predicted molar refractivity (Wildman–Crippen MR) is 436 cm³/mol. The zero-order valence-corrected chi connectivity index (χ0v) is 67.8. The van der Waals surface area contributed by atoms with Gasteiger partial charge in [0.25, 0.3) is 0 Å². The number of unbranched alkanes of at least 4 members (excludes halogenated alkanes) is 23. The Morgan fingerprint density at radius 2 is 0.491 bits per heavy atom. The third-order valence-corrected chi connectivity index (χ3v) is 18.4. The molecule has 0 spiro atoms. The van der Waals surface area contributed by atoms with Crippen LogP contribution in [0.4, 0.5) is 0 Å². The predicted octanol–water partition coefficient (Wildman–Crippen LogP) is 24.0. The van der Waals surface area contributed by atoms with Gasteiger partial charge in [0.05, 0.1) is 26.4 Å². The summed E-state index contributed by atoms with van der Waals surface area (Å²) in [7, 11) is -9.99. The summed E-state index contributed by atoms with van der Waals surface area (Å²) in [6.45, 7) is 4.43. The fourth-order valence-electron chi connectivity index (χ4n) is 10.4. The molecule has 0 bridgehead atoms. The van der Waals surface area contributed by atoms with E-state index in [1.54, 1.807) is 0 Å². The van der Waals surface area contributed by atoms with Crippen LogP contribution in [0.1, 0.15) is 310 Å². The van der Waals surface area contributed by atoms with Crippen LogP contribution in [0.25, 0.3) is 0 Å². The Balaban J connectivity index is 5.40. The number of ether oxygens (including phenoxy) is 4. The molecule has 0 aromatic rings. The quantitative estimate of drug-likeness (QED) is 0.0169. The summed E-state index contributed by atoms with van der Waals surface area (Å²) in [5, 5.41) is 10.6. The molecule has 0 saturated carbocycles. The molecule has 17 nitrogen and oxygen atoms in total. The van der Waals surface area contributed by atoms with Crippen molar-refractivity contribution < 1.29 is 80.2 Å². The summed E-state index contributed by atoms with van der Waals surface area (Å²) < 4.78 is 68.6. The minimum absolute atomic E-state index is 0.0657. The average molecular weight is 1520 g/mol. The van der Waals surface area contributed by atoms with Crippen molar-refractivity contribution in [2.75, 3.05) is 39.6 Å². The van der Waals surface area contributed by atoms with Crippen LogP contribution in [0, 0.1) is 0 Å². The van der Waals surface area contributed by atoms with Gasteiger partial charge in [-0.05, 0) is 161 Å². The summed E-state index contributed by atoms with van der Waals surface area (Å²) in [6.07, 6.45) is 90.8. The SMILES string of the molecule is CC/C=C\C/C=C\C/C=C\C/C=C\C/C=C\CCCCCC(=O)OCC(COP(=O)(O)OCC(O)COP(=O)(O)OCC(COC(=O)CCCCCCCCC/C=C\C/C=C\C/C=C\CC)OC(=O)CCCCCCC/C=C\CCCC)OC(=O)CCCCCCCC/C=C\C/C=C\C/C=C\C/C=C\CC. The molecular weight excluding hydrogens is 1380 g/mol. The average Bonchev–Trinajstić information content (AvgIpc) is 0.901. The van der Waals surface area contributed by atoms with Crippen LogP contribution in [0.15, 0.2) is 158 Å². The van der Waals surface area contributed by atoms with E-state index in [0.717, 1.165) is 218 Å². The van der Waals surface area contributed by atoms with Crippen LogP contribution in [0.2, 0.25) is 0 Å². The van der Waals surface area contributed by atoms with Gasteiger partial charge in [0.1, 0.15) is 19.3 Å². The number of phosphoric acid groups is 2. The number of carbonyl (C=O) groups is 4. The number of aliphatic hydroxyl groups excluding tert-OH is 1. The van der Waals surface area contributed by atoms with E-state index in [9.17, 15) is 43.2 Å². The maximum atomic E-state index is 13.1. The normalized spacial score (nSPS) is 14.7. The monoisotopic (exact) mass is 1520 g/mol. The fraction of sp³-hybridized carbons (Fsp3) is 0.655. The van der Waals surface area contributed by atoms with Crippen molar-refractivity contribution in [2.24, 2.45) is 0 Å². The lowest BCUT2D eigenvalue weighted by atomic mass is 10.1. The van der Waals surface area contributed by atoms with Crippen molar-refractivity contribution in [1.29, 1.82) is 0 Å². The van der Waals surface area contributed by atoms with E-state index >= 15 is 0 Å².